The normalized spacial score (nSPS) is 25.6. The van der Waals surface area contributed by atoms with Crippen LogP contribution in [-0.2, 0) is 19.1 Å². The van der Waals surface area contributed by atoms with Gasteiger partial charge in [0.25, 0.3) is 0 Å². The molecule has 0 aromatic carbocycles. The molecule has 6 nitrogen and oxygen atoms in total. The number of hydrogen-bond donors (Lipinski definition) is 2. The van der Waals surface area contributed by atoms with E-state index >= 15 is 0 Å². The Morgan fingerprint density at radius 2 is 0.965 bits per heavy atom. The maximum absolute atomic E-state index is 12.5. The standard InChI is InChI=1S/C13H18F4O2.C9H11F7O2.2C3H2F6O/c1-6-7(2)9-3-8(6)4-10(9)12(18)19-11(5-14)13(15,16)17;1-3-7(2,9(14,15)16)6(17)18-5(4-10)8(11,12)13;2*4-1(5)2(6,10)3(7,8)9/h6-11H,3-5H2,1-2H3;5H,3-4H2,1-2H3;2*1,10H. The van der Waals surface area contributed by atoms with Crippen LogP contribution in [0.4, 0.5) is 101 Å². The van der Waals surface area contributed by atoms with Gasteiger partial charge in [0.1, 0.15) is 13.3 Å². The van der Waals surface area contributed by atoms with Gasteiger partial charge in [-0.3, -0.25) is 9.59 Å². The fourth-order valence-corrected chi connectivity index (χ4v) is 4.78. The lowest BCUT2D eigenvalue weighted by Gasteiger charge is -2.31. The number of aliphatic hydroxyl groups is 2. The van der Waals surface area contributed by atoms with Gasteiger partial charge in [0.2, 0.25) is 12.2 Å². The van der Waals surface area contributed by atoms with Crippen LogP contribution in [0.1, 0.15) is 47.0 Å². The molecule has 2 rings (SSSR count). The lowest BCUT2D eigenvalue weighted by atomic mass is 9.76. The topological polar surface area (TPSA) is 93.1 Å². The molecule has 2 aliphatic rings. The molecule has 0 aromatic rings. The first-order chi connectivity index (χ1) is 25.0. The summed E-state index contributed by atoms with van der Waals surface area (Å²) in [6.07, 6.45) is -41.2. The number of alkyl halides is 23. The Labute approximate surface area is 306 Å². The van der Waals surface area contributed by atoms with Gasteiger partial charge in [-0.25, -0.2) is 26.3 Å². The van der Waals surface area contributed by atoms with Crippen molar-refractivity contribution >= 4 is 11.9 Å². The van der Waals surface area contributed by atoms with Crippen LogP contribution in [0.25, 0.3) is 0 Å². The number of rotatable bonds is 9. The first kappa shape index (κ1) is 56.3. The maximum Gasteiger partial charge on any atom is 0.454 e. The van der Waals surface area contributed by atoms with Gasteiger partial charge in [-0.1, -0.05) is 20.8 Å². The molecule has 0 spiro atoms. The van der Waals surface area contributed by atoms with Crippen LogP contribution < -0.4 is 0 Å². The van der Waals surface area contributed by atoms with Gasteiger partial charge >= 0.3 is 67.4 Å². The lowest BCUT2D eigenvalue weighted by Crippen LogP contribution is -2.47. The second-order valence-corrected chi connectivity index (χ2v) is 12.6. The van der Waals surface area contributed by atoms with Crippen molar-refractivity contribution in [1.29, 1.82) is 0 Å². The second kappa shape index (κ2) is 20.0. The van der Waals surface area contributed by atoms with Gasteiger partial charge < -0.3 is 19.7 Å². The number of halogens is 23. The van der Waals surface area contributed by atoms with Crippen LogP contribution in [0.15, 0.2) is 0 Å². The van der Waals surface area contributed by atoms with E-state index in [-0.39, 0.29) is 5.92 Å². The largest absolute Gasteiger partial charge is 0.454 e. The smallest absolute Gasteiger partial charge is 0.450 e. The van der Waals surface area contributed by atoms with E-state index in [0.717, 1.165) is 13.3 Å². The Morgan fingerprint density at radius 1 is 0.614 bits per heavy atom. The third-order valence-corrected chi connectivity index (χ3v) is 8.87. The van der Waals surface area contributed by atoms with E-state index in [0.29, 0.717) is 31.1 Å². The molecular weight excluding hydrogens is 869 g/mol. The molecule has 2 N–H and O–H groups in total. The number of carbonyl (C=O) groups is 2. The SMILES string of the molecule is CC1C2CC(C(=O)OC(CF)C(F)(F)F)C(C2)C1C.CCC(C)(C(=O)OC(CF)C(F)(F)F)C(F)(F)F.OC(F)(C(F)F)C(F)(F)F.OC(F)(C(F)F)C(F)(F)F. The van der Waals surface area contributed by atoms with Crippen molar-refractivity contribution in [1.82, 2.24) is 0 Å². The van der Waals surface area contributed by atoms with Gasteiger partial charge in [-0.2, -0.15) is 74.6 Å². The minimum absolute atomic E-state index is 0.0843. The number of carbonyl (C=O) groups excluding carboxylic acids is 2. The summed E-state index contributed by atoms with van der Waals surface area (Å²) < 4.78 is 276. The highest BCUT2D eigenvalue weighted by Crippen LogP contribution is 2.55. The third-order valence-electron chi connectivity index (χ3n) is 8.87. The second-order valence-electron chi connectivity index (χ2n) is 12.6. The summed E-state index contributed by atoms with van der Waals surface area (Å²) in [6, 6.07) is 0. The van der Waals surface area contributed by atoms with Crippen molar-refractivity contribution in [2.45, 2.75) is 115 Å². The van der Waals surface area contributed by atoms with E-state index < -0.39 is 111 Å². The molecule has 57 heavy (non-hydrogen) atoms. The van der Waals surface area contributed by atoms with E-state index in [1.807, 2.05) is 6.92 Å². The third kappa shape index (κ3) is 14.8. The Morgan fingerprint density at radius 3 is 1.18 bits per heavy atom. The molecule has 2 bridgehead atoms. The summed E-state index contributed by atoms with van der Waals surface area (Å²) in [6.45, 7) is 1.64. The molecule has 2 fully saturated rings. The maximum atomic E-state index is 12.5. The van der Waals surface area contributed by atoms with Crippen LogP contribution in [0.5, 0.6) is 0 Å². The Balaban J connectivity index is 0. The zero-order chi connectivity index (χ0) is 46.3. The van der Waals surface area contributed by atoms with Gasteiger partial charge in [-0.15, -0.1) is 0 Å². The van der Waals surface area contributed by atoms with Crippen LogP contribution in [0, 0.1) is 35.0 Å². The molecule has 0 aliphatic heterocycles. The Bertz CT molecular complexity index is 1210. The van der Waals surface area contributed by atoms with Gasteiger partial charge in [0, 0.05) is 0 Å². The van der Waals surface area contributed by atoms with Crippen LogP contribution in [0.2, 0.25) is 0 Å². The Kier molecular flexibility index (Phi) is 19.8. The first-order valence-corrected chi connectivity index (χ1v) is 15.3. The highest BCUT2D eigenvalue weighted by Gasteiger charge is 2.63. The van der Waals surface area contributed by atoms with Crippen molar-refractivity contribution in [3.63, 3.8) is 0 Å². The molecule has 0 heterocycles. The summed E-state index contributed by atoms with van der Waals surface area (Å²) >= 11 is 0. The lowest BCUT2D eigenvalue weighted by molar-refractivity contribution is -0.353. The molecule has 2 aliphatic carbocycles. The van der Waals surface area contributed by atoms with Crippen LogP contribution in [0.3, 0.4) is 0 Å². The predicted molar refractivity (Wildman–Crippen MR) is 143 cm³/mol. The zero-order valence-corrected chi connectivity index (χ0v) is 29.0. The van der Waals surface area contributed by atoms with E-state index in [1.54, 1.807) is 0 Å². The first-order valence-electron chi connectivity index (χ1n) is 15.3. The number of ether oxygens (including phenoxy) is 2. The average Bonchev–Trinajstić information content (AvgIpc) is 3.59. The van der Waals surface area contributed by atoms with Crippen molar-refractivity contribution < 1.29 is 130 Å². The van der Waals surface area contributed by atoms with Gasteiger partial charge in [-0.05, 0) is 49.9 Å². The predicted octanol–water partition coefficient (Wildman–Crippen LogP) is 9.71. The fourth-order valence-electron chi connectivity index (χ4n) is 4.78. The van der Waals surface area contributed by atoms with Crippen molar-refractivity contribution in [3.05, 3.63) is 0 Å². The van der Waals surface area contributed by atoms with Crippen molar-refractivity contribution in [3.8, 4) is 0 Å². The summed E-state index contributed by atoms with van der Waals surface area (Å²) in [5, 5.41) is 14.8. The molecule has 0 amide bonds. The van der Waals surface area contributed by atoms with Gasteiger partial charge in [0.15, 0.2) is 5.41 Å². The molecule has 0 radical (unpaired) electrons. The molecule has 0 saturated heterocycles. The fraction of sp³-hybridized carbons (Fsp3) is 0.929. The average molecular weight is 903 g/mol. The van der Waals surface area contributed by atoms with Crippen LogP contribution in [-0.4, -0.2) is 103 Å². The van der Waals surface area contributed by atoms with Crippen molar-refractivity contribution in [2.75, 3.05) is 13.3 Å². The minimum atomic E-state index is -5.94. The summed E-state index contributed by atoms with van der Waals surface area (Å²) in [7, 11) is 0. The highest BCUT2D eigenvalue weighted by molar-refractivity contribution is 5.77. The summed E-state index contributed by atoms with van der Waals surface area (Å²) in [5.41, 5.74) is -3.09. The Hall–Kier alpha value is -2.75. The summed E-state index contributed by atoms with van der Waals surface area (Å²) in [5.74, 6) is -13.0. The molecule has 0 aromatic heterocycles. The summed E-state index contributed by atoms with van der Waals surface area (Å²) in [4.78, 5) is 23.0. The van der Waals surface area contributed by atoms with E-state index in [4.69, 9.17) is 10.2 Å². The molecule has 29 heteroatoms. The van der Waals surface area contributed by atoms with Gasteiger partial charge in [0.05, 0.1) is 5.92 Å². The van der Waals surface area contributed by atoms with E-state index in [1.165, 1.54) is 0 Å². The zero-order valence-electron chi connectivity index (χ0n) is 29.0. The van der Waals surface area contributed by atoms with Crippen LogP contribution >= 0.6 is 0 Å². The molecule has 10 atom stereocenters. The monoisotopic (exact) mass is 902 g/mol. The number of hydrogen-bond acceptors (Lipinski definition) is 6. The van der Waals surface area contributed by atoms with E-state index in [2.05, 4.69) is 16.4 Å². The van der Waals surface area contributed by atoms with E-state index in [9.17, 15) is 111 Å². The minimum Gasteiger partial charge on any atom is -0.450 e. The molecular formula is C28H33F23O6. The molecule has 10 unspecified atom stereocenters. The molecule has 2 saturated carbocycles. The number of fused-ring (bicyclic) bond motifs is 2. The highest BCUT2D eigenvalue weighted by atomic mass is 19.4. The quantitative estimate of drug-likeness (QED) is 0.177. The molecule has 342 valence electrons. The number of esters is 2. The van der Waals surface area contributed by atoms with Crippen molar-refractivity contribution in [2.24, 2.45) is 35.0 Å².